The molecule has 1 aliphatic carbocycles. The zero-order chi connectivity index (χ0) is 9.97. The molecule has 0 aromatic carbocycles. The number of nitrogen functional groups attached to an aromatic ring is 1. The lowest BCUT2D eigenvalue weighted by molar-refractivity contribution is 0.106. The predicted octanol–water partition coefficient (Wildman–Crippen LogP) is 1.29. The van der Waals surface area contributed by atoms with Gasteiger partial charge in [-0.05, 0) is 25.7 Å². The second-order valence-corrected chi connectivity index (χ2v) is 3.81. The lowest BCUT2D eigenvalue weighted by Crippen LogP contribution is -2.04. The van der Waals surface area contributed by atoms with Crippen molar-refractivity contribution in [2.45, 2.75) is 26.4 Å². The first-order valence-corrected chi connectivity index (χ1v) is 4.92. The van der Waals surface area contributed by atoms with Crippen molar-refractivity contribution in [1.29, 1.82) is 0 Å². The molecule has 0 radical (unpaired) electrons. The van der Waals surface area contributed by atoms with Crippen LogP contribution in [0, 0.1) is 12.8 Å². The van der Waals surface area contributed by atoms with E-state index in [9.17, 15) is 0 Å². The van der Waals surface area contributed by atoms with Gasteiger partial charge in [0, 0.05) is 18.4 Å². The van der Waals surface area contributed by atoms with E-state index in [1.807, 2.05) is 6.92 Å². The highest BCUT2D eigenvalue weighted by Gasteiger charge is 2.21. The first-order valence-electron chi connectivity index (χ1n) is 4.92. The maximum Gasteiger partial charge on any atom is 0.156 e. The predicted molar refractivity (Wildman–Crippen MR) is 53.6 cm³/mol. The van der Waals surface area contributed by atoms with Crippen molar-refractivity contribution >= 4 is 5.82 Å². The van der Waals surface area contributed by atoms with Crippen LogP contribution in [0.1, 0.15) is 24.4 Å². The number of ether oxygens (including phenoxy) is 1. The minimum Gasteiger partial charge on any atom is -0.384 e. The van der Waals surface area contributed by atoms with Crippen LogP contribution in [-0.2, 0) is 11.3 Å². The highest BCUT2D eigenvalue weighted by molar-refractivity contribution is 5.28. The summed E-state index contributed by atoms with van der Waals surface area (Å²) in [5.41, 5.74) is 6.49. The van der Waals surface area contributed by atoms with Crippen LogP contribution in [0.5, 0.6) is 0 Å². The number of nitrogens with zero attached hydrogens (tertiary/aromatic N) is 2. The highest BCUT2D eigenvalue weighted by Crippen LogP contribution is 2.28. The maximum atomic E-state index is 5.60. The van der Waals surface area contributed by atoms with Gasteiger partial charge >= 0.3 is 0 Å². The molecule has 14 heavy (non-hydrogen) atoms. The van der Waals surface area contributed by atoms with E-state index in [2.05, 4.69) is 9.97 Å². The van der Waals surface area contributed by atoms with Crippen molar-refractivity contribution in [1.82, 2.24) is 9.97 Å². The summed E-state index contributed by atoms with van der Waals surface area (Å²) in [7, 11) is 0. The maximum absolute atomic E-state index is 5.60. The molecule has 1 fully saturated rings. The van der Waals surface area contributed by atoms with Gasteiger partial charge in [0.05, 0.1) is 0 Å². The van der Waals surface area contributed by atoms with Gasteiger partial charge in [-0.2, -0.15) is 0 Å². The van der Waals surface area contributed by atoms with Crippen LogP contribution in [0.3, 0.4) is 0 Å². The van der Waals surface area contributed by atoms with Crippen LogP contribution in [-0.4, -0.2) is 16.6 Å². The van der Waals surface area contributed by atoms with Crippen LogP contribution in [0.2, 0.25) is 0 Å². The van der Waals surface area contributed by atoms with E-state index >= 15 is 0 Å². The molecule has 1 aromatic heterocycles. The van der Waals surface area contributed by atoms with Crippen LogP contribution in [0.4, 0.5) is 5.82 Å². The van der Waals surface area contributed by atoms with Gasteiger partial charge in [0.1, 0.15) is 12.4 Å². The van der Waals surface area contributed by atoms with Gasteiger partial charge in [-0.25, -0.2) is 9.97 Å². The van der Waals surface area contributed by atoms with Crippen LogP contribution in [0.25, 0.3) is 0 Å². The third-order valence-electron chi connectivity index (χ3n) is 2.20. The summed E-state index contributed by atoms with van der Waals surface area (Å²) in [6, 6.07) is 1.75. The fraction of sp³-hybridized carbons (Fsp3) is 0.600. The molecule has 0 atom stereocenters. The Hall–Kier alpha value is -1.16. The Labute approximate surface area is 83.5 Å². The first kappa shape index (κ1) is 9.40. The minimum atomic E-state index is 0.475. The van der Waals surface area contributed by atoms with Crippen molar-refractivity contribution < 1.29 is 4.74 Å². The standard InChI is InChI=1S/C10H15N3O/c1-7-4-9(11)13-10(12-7)6-14-5-8-2-3-8/h4,8H,2-3,5-6H2,1H3,(H2,11,12,13). The number of hydrogen-bond donors (Lipinski definition) is 1. The monoisotopic (exact) mass is 193 g/mol. The Morgan fingerprint density at radius 3 is 2.93 bits per heavy atom. The first-order chi connectivity index (χ1) is 6.74. The van der Waals surface area contributed by atoms with E-state index < -0.39 is 0 Å². The minimum absolute atomic E-state index is 0.475. The summed E-state index contributed by atoms with van der Waals surface area (Å²) in [4.78, 5) is 8.33. The molecular weight excluding hydrogens is 178 g/mol. The van der Waals surface area contributed by atoms with Crippen molar-refractivity contribution in [3.63, 3.8) is 0 Å². The van der Waals surface area contributed by atoms with Crippen molar-refractivity contribution in [3.05, 3.63) is 17.6 Å². The molecule has 1 aliphatic rings. The molecule has 1 saturated carbocycles. The molecule has 0 aliphatic heterocycles. The molecule has 1 heterocycles. The summed E-state index contributed by atoms with van der Waals surface area (Å²) < 4.78 is 5.47. The fourth-order valence-corrected chi connectivity index (χ4v) is 1.32. The van der Waals surface area contributed by atoms with E-state index in [0.29, 0.717) is 18.2 Å². The Morgan fingerprint density at radius 2 is 2.29 bits per heavy atom. The molecule has 76 valence electrons. The Bertz CT molecular complexity index is 303. The number of anilines is 1. The SMILES string of the molecule is Cc1cc(N)nc(COCC2CC2)n1. The number of rotatable bonds is 4. The van der Waals surface area contributed by atoms with Crippen LogP contribution in [0.15, 0.2) is 6.07 Å². The molecule has 0 unspecified atom stereocenters. The number of aryl methyl sites for hydroxylation is 1. The zero-order valence-electron chi connectivity index (χ0n) is 8.36. The summed E-state index contributed by atoms with van der Waals surface area (Å²) in [5.74, 6) is 1.97. The molecule has 4 heteroatoms. The molecule has 2 rings (SSSR count). The molecule has 4 nitrogen and oxygen atoms in total. The smallest absolute Gasteiger partial charge is 0.156 e. The average molecular weight is 193 g/mol. The lowest BCUT2D eigenvalue weighted by Gasteiger charge is -2.03. The van der Waals surface area contributed by atoms with Crippen LogP contribution < -0.4 is 5.73 Å². The summed E-state index contributed by atoms with van der Waals surface area (Å²) in [5, 5.41) is 0. The number of aromatic nitrogens is 2. The Morgan fingerprint density at radius 1 is 1.50 bits per heavy atom. The third-order valence-corrected chi connectivity index (χ3v) is 2.20. The highest BCUT2D eigenvalue weighted by atomic mass is 16.5. The Balaban J connectivity index is 1.87. The van der Waals surface area contributed by atoms with Gasteiger partial charge < -0.3 is 10.5 Å². The molecule has 1 aromatic rings. The largest absolute Gasteiger partial charge is 0.384 e. The Kier molecular flexibility index (Phi) is 2.63. The zero-order valence-corrected chi connectivity index (χ0v) is 8.36. The average Bonchev–Trinajstić information content (AvgIpc) is 2.86. The van der Waals surface area contributed by atoms with E-state index in [1.165, 1.54) is 12.8 Å². The van der Waals surface area contributed by atoms with Crippen molar-refractivity contribution in [2.75, 3.05) is 12.3 Å². The second-order valence-electron chi connectivity index (χ2n) is 3.81. The normalized spacial score (nSPS) is 15.8. The van der Waals surface area contributed by atoms with E-state index in [-0.39, 0.29) is 0 Å². The summed E-state index contributed by atoms with van der Waals surface area (Å²) in [6.07, 6.45) is 2.60. The van der Waals surface area contributed by atoms with E-state index in [1.54, 1.807) is 6.07 Å². The second kappa shape index (κ2) is 3.92. The topological polar surface area (TPSA) is 61.0 Å². The quantitative estimate of drug-likeness (QED) is 0.782. The van der Waals surface area contributed by atoms with Crippen molar-refractivity contribution in [3.8, 4) is 0 Å². The van der Waals surface area contributed by atoms with Gasteiger partial charge in [0.15, 0.2) is 5.82 Å². The van der Waals surface area contributed by atoms with Gasteiger partial charge in [-0.3, -0.25) is 0 Å². The van der Waals surface area contributed by atoms with Crippen molar-refractivity contribution in [2.24, 2.45) is 5.92 Å². The number of hydrogen-bond acceptors (Lipinski definition) is 4. The lowest BCUT2D eigenvalue weighted by atomic mass is 10.4. The van der Waals surface area contributed by atoms with E-state index in [0.717, 1.165) is 18.2 Å². The van der Waals surface area contributed by atoms with Gasteiger partial charge in [-0.1, -0.05) is 0 Å². The third kappa shape index (κ3) is 2.67. The van der Waals surface area contributed by atoms with Gasteiger partial charge in [-0.15, -0.1) is 0 Å². The molecule has 0 amide bonds. The summed E-state index contributed by atoms with van der Waals surface area (Å²) in [6.45, 7) is 3.21. The summed E-state index contributed by atoms with van der Waals surface area (Å²) >= 11 is 0. The molecule has 0 saturated heterocycles. The van der Waals surface area contributed by atoms with Gasteiger partial charge in [0.2, 0.25) is 0 Å². The number of nitrogens with two attached hydrogens (primary N) is 1. The molecular formula is C10H15N3O. The van der Waals surface area contributed by atoms with Gasteiger partial charge in [0.25, 0.3) is 0 Å². The van der Waals surface area contributed by atoms with Crippen LogP contribution >= 0.6 is 0 Å². The fourth-order valence-electron chi connectivity index (χ4n) is 1.32. The molecule has 0 spiro atoms. The van der Waals surface area contributed by atoms with E-state index in [4.69, 9.17) is 10.5 Å². The molecule has 2 N–H and O–H groups in total. The molecule has 0 bridgehead atoms.